The fourth-order valence-corrected chi connectivity index (χ4v) is 4.84. The molecule has 0 bridgehead atoms. The van der Waals surface area contributed by atoms with Gasteiger partial charge in [0.2, 0.25) is 0 Å². The van der Waals surface area contributed by atoms with Crippen molar-refractivity contribution in [2.45, 2.75) is 19.4 Å². The van der Waals surface area contributed by atoms with Gasteiger partial charge in [-0.15, -0.1) is 0 Å². The highest BCUT2D eigenvalue weighted by molar-refractivity contribution is 7.91. The zero-order valence-corrected chi connectivity index (χ0v) is 15.5. The molecule has 0 radical (unpaired) electrons. The highest BCUT2D eigenvalue weighted by atomic mass is 32.2. The summed E-state index contributed by atoms with van der Waals surface area (Å²) < 4.78 is 28.3. The molecule has 1 aromatic carbocycles. The quantitative estimate of drug-likeness (QED) is 0.748. The summed E-state index contributed by atoms with van der Waals surface area (Å²) in [6, 6.07) is 8.47. The number of hydrogen-bond donors (Lipinski definition) is 0. The van der Waals surface area contributed by atoms with Crippen LogP contribution in [0, 0.1) is 6.92 Å². The molecule has 8 heteroatoms. The van der Waals surface area contributed by atoms with E-state index in [1.165, 1.54) is 11.9 Å². The van der Waals surface area contributed by atoms with E-state index in [2.05, 4.69) is 4.98 Å². The first-order chi connectivity index (χ1) is 12.3. The number of ether oxygens (including phenoxy) is 1. The van der Waals surface area contributed by atoms with E-state index in [0.717, 1.165) is 0 Å². The molecule has 0 saturated carbocycles. The number of carbonyl (C=O) groups is 2. The standard InChI is InChI=1S/C18H20N2O5S/c1-12-9-15(14-5-3-4-6-16(14)19-12)18(22)25-10-17(21)20(2)13-7-8-26(23,24)11-13/h3-6,9,13H,7-8,10-11H2,1-2H3/t13-/m0/s1. The third-order valence-corrected chi connectivity index (χ3v) is 6.29. The number of rotatable bonds is 4. The lowest BCUT2D eigenvalue weighted by Gasteiger charge is -2.23. The second kappa shape index (κ2) is 7.03. The van der Waals surface area contributed by atoms with Gasteiger partial charge in [-0.1, -0.05) is 18.2 Å². The zero-order chi connectivity index (χ0) is 18.9. The van der Waals surface area contributed by atoms with Crippen molar-refractivity contribution in [3.05, 3.63) is 41.6 Å². The maximum atomic E-state index is 12.4. The van der Waals surface area contributed by atoms with Crippen molar-refractivity contribution < 1.29 is 22.7 Å². The Hall–Kier alpha value is -2.48. The summed E-state index contributed by atoms with van der Waals surface area (Å²) in [6.07, 6.45) is 0.409. The molecule has 26 heavy (non-hydrogen) atoms. The fourth-order valence-electron chi connectivity index (χ4n) is 3.07. The molecule has 1 aromatic heterocycles. The van der Waals surface area contributed by atoms with E-state index >= 15 is 0 Å². The highest BCUT2D eigenvalue weighted by Gasteiger charge is 2.33. The average Bonchev–Trinajstić information content (AvgIpc) is 2.97. The molecule has 1 saturated heterocycles. The van der Waals surface area contributed by atoms with Crippen LogP contribution < -0.4 is 0 Å². The molecule has 0 N–H and O–H groups in total. The minimum Gasteiger partial charge on any atom is -0.452 e. The van der Waals surface area contributed by atoms with E-state index in [1.54, 1.807) is 31.2 Å². The maximum absolute atomic E-state index is 12.4. The minimum absolute atomic E-state index is 0.0443. The van der Waals surface area contributed by atoms with Crippen LogP contribution in [0.3, 0.4) is 0 Å². The number of nitrogens with zero attached hydrogens (tertiary/aromatic N) is 2. The number of esters is 1. The summed E-state index contributed by atoms with van der Waals surface area (Å²) >= 11 is 0. The van der Waals surface area contributed by atoms with Crippen molar-refractivity contribution in [3.63, 3.8) is 0 Å². The topological polar surface area (TPSA) is 93.6 Å². The van der Waals surface area contributed by atoms with Crippen molar-refractivity contribution in [1.29, 1.82) is 0 Å². The van der Waals surface area contributed by atoms with E-state index in [9.17, 15) is 18.0 Å². The van der Waals surface area contributed by atoms with Gasteiger partial charge in [-0.3, -0.25) is 9.78 Å². The van der Waals surface area contributed by atoms with Crippen molar-refractivity contribution in [2.24, 2.45) is 0 Å². The molecule has 0 aliphatic carbocycles. The Morgan fingerprint density at radius 3 is 2.73 bits per heavy atom. The Morgan fingerprint density at radius 1 is 1.31 bits per heavy atom. The van der Waals surface area contributed by atoms with Crippen LogP contribution in [0.2, 0.25) is 0 Å². The second-order valence-corrected chi connectivity index (χ2v) is 8.69. The molecule has 1 aliphatic rings. The van der Waals surface area contributed by atoms with Crippen molar-refractivity contribution >= 4 is 32.6 Å². The number of aryl methyl sites for hydroxylation is 1. The molecule has 2 heterocycles. The summed E-state index contributed by atoms with van der Waals surface area (Å²) in [5, 5.41) is 0.658. The summed E-state index contributed by atoms with van der Waals surface area (Å²) in [5.74, 6) is -0.989. The zero-order valence-electron chi connectivity index (χ0n) is 14.6. The summed E-state index contributed by atoms with van der Waals surface area (Å²) in [4.78, 5) is 30.4. The van der Waals surface area contributed by atoms with E-state index in [4.69, 9.17) is 4.74 Å². The van der Waals surface area contributed by atoms with Gasteiger partial charge in [-0.25, -0.2) is 13.2 Å². The maximum Gasteiger partial charge on any atom is 0.339 e. The van der Waals surface area contributed by atoms with Gasteiger partial charge in [0, 0.05) is 24.2 Å². The molecule has 0 spiro atoms. The van der Waals surface area contributed by atoms with Crippen molar-refractivity contribution in [2.75, 3.05) is 25.2 Å². The lowest BCUT2D eigenvalue weighted by Crippen LogP contribution is -2.40. The molecule has 0 unspecified atom stereocenters. The third kappa shape index (κ3) is 3.85. The number of sulfone groups is 1. The number of aromatic nitrogens is 1. The smallest absolute Gasteiger partial charge is 0.339 e. The normalized spacial score (nSPS) is 18.6. The first-order valence-electron chi connectivity index (χ1n) is 8.26. The Balaban J connectivity index is 1.68. The van der Waals surface area contributed by atoms with Gasteiger partial charge >= 0.3 is 5.97 Å². The summed E-state index contributed by atoms with van der Waals surface area (Å²) in [5.41, 5.74) is 1.71. The van der Waals surface area contributed by atoms with E-state index in [1.807, 2.05) is 6.07 Å². The highest BCUT2D eigenvalue weighted by Crippen LogP contribution is 2.20. The number of hydrogen-bond acceptors (Lipinski definition) is 6. The van der Waals surface area contributed by atoms with Gasteiger partial charge in [0.25, 0.3) is 5.91 Å². The predicted molar refractivity (Wildman–Crippen MR) is 96.6 cm³/mol. The first-order valence-corrected chi connectivity index (χ1v) is 10.1. The summed E-state index contributed by atoms with van der Waals surface area (Å²) in [6.45, 7) is 1.35. The SMILES string of the molecule is Cc1cc(C(=O)OCC(=O)N(C)[C@H]2CCS(=O)(=O)C2)c2ccccc2n1. The number of benzene rings is 1. The van der Waals surface area contributed by atoms with Crippen LogP contribution in [0.15, 0.2) is 30.3 Å². The van der Waals surface area contributed by atoms with Gasteiger partial charge < -0.3 is 9.64 Å². The molecule has 1 amide bonds. The minimum atomic E-state index is -3.09. The lowest BCUT2D eigenvalue weighted by molar-refractivity contribution is -0.134. The number of para-hydroxylation sites is 1. The number of pyridine rings is 1. The van der Waals surface area contributed by atoms with E-state index in [0.29, 0.717) is 28.6 Å². The van der Waals surface area contributed by atoms with E-state index in [-0.39, 0.29) is 17.5 Å². The van der Waals surface area contributed by atoms with Crippen LogP contribution >= 0.6 is 0 Å². The van der Waals surface area contributed by atoms with Crippen LogP contribution in [0.4, 0.5) is 0 Å². The van der Waals surface area contributed by atoms with Crippen LogP contribution in [0.1, 0.15) is 22.5 Å². The monoisotopic (exact) mass is 376 g/mol. The largest absolute Gasteiger partial charge is 0.452 e. The Labute approximate surface area is 151 Å². The van der Waals surface area contributed by atoms with Crippen LogP contribution in [-0.4, -0.2) is 61.4 Å². The first kappa shape index (κ1) is 18.3. The van der Waals surface area contributed by atoms with Gasteiger partial charge in [0.15, 0.2) is 16.4 Å². The Kier molecular flexibility index (Phi) is 4.95. The third-order valence-electron chi connectivity index (χ3n) is 4.54. The summed E-state index contributed by atoms with van der Waals surface area (Å²) in [7, 11) is -1.55. The van der Waals surface area contributed by atoms with Crippen LogP contribution in [0.25, 0.3) is 10.9 Å². The van der Waals surface area contributed by atoms with Gasteiger partial charge in [-0.2, -0.15) is 0 Å². The van der Waals surface area contributed by atoms with E-state index < -0.39 is 28.3 Å². The number of fused-ring (bicyclic) bond motifs is 1. The molecular formula is C18H20N2O5S. The fraction of sp³-hybridized carbons (Fsp3) is 0.389. The molecule has 138 valence electrons. The van der Waals surface area contributed by atoms with Crippen LogP contribution in [-0.2, 0) is 19.4 Å². The Bertz CT molecular complexity index is 971. The number of carbonyl (C=O) groups excluding carboxylic acids is 2. The molecule has 1 aliphatic heterocycles. The average molecular weight is 376 g/mol. The molecule has 3 rings (SSSR count). The molecule has 2 aromatic rings. The van der Waals surface area contributed by atoms with Gasteiger partial charge in [0.05, 0.1) is 22.6 Å². The number of amides is 1. The Morgan fingerprint density at radius 2 is 2.04 bits per heavy atom. The van der Waals surface area contributed by atoms with Gasteiger partial charge in [-0.05, 0) is 25.5 Å². The van der Waals surface area contributed by atoms with Gasteiger partial charge in [0.1, 0.15) is 0 Å². The number of likely N-dealkylation sites (N-methyl/N-ethyl adjacent to an activating group) is 1. The van der Waals surface area contributed by atoms with Crippen molar-refractivity contribution in [1.82, 2.24) is 9.88 Å². The molecular weight excluding hydrogens is 356 g/mol. The lowest BCUT2D eigenvalue weighted by atomic mass is 10.1. The second-order valence-electron chi connectivity index (χ2n) is 6.47. The predicted octanol–water partition coefficient (Wildman–Crippen LogP) is 1.35. The molecule has 1 atom stereocenters. The van der Waals surface area contributed by atoms with Crippen molar-refractivity contribution in [3.8, 4) is 0 Å². The molecule has 7 nitrogen and oxygen atoms in total. The van der Waals surface area contributed by atoms with Crippen LogP contribution in [0.5, 0.6) is 0 Å². The molecule has 1 fully saturated rings.